The van der Waals surface area contributed by atoms with Gasteiger partial charge in [-0.15, -0.1) is 11.8 Å². The highest BCUT2D eigenvalue weighted by Crippen LogP contribution is 2.36. The number of nitrogens with two attached hydrogens (primary N) is 1. The molecular formula is C18H17N3O6S2. The van der Waals surface area contributed by atoms with Gasteiger partial charge in [0.15, 0.2) is 6.61 Å². The molecule has 1 heterocycles. The van der Waals surface area contributed by atoms with Crippen molar-refractivity contribution in [3.05, 3.63) is 48.0 Å². The molecule has 0 aromatic heterocycles. The van der Waals surface area contributed by atoms with Gasteiger partial charge in [-0.05, 0) is 49.4 Å². The molecule has 1 atom stereocenters. The van der Waals surface area contributed by atoms with Crippen LogP contribution < -0.4 is 15.8 Å². The molecule has 0 saturated heterocycles. The van der Waals surface area contributed by atoms with Crippen LogP contribution in [-0.4, -0.2) is 38.1 Å². The quantitative estimate of drug-likeness (QED) is 0.604. The highest BCUT2D eigenvalue weighted by Gasteiger charge is 2.24. The fourth-order valence-electron chi connectivity index (χ4n) is 2.48. The molecule has 29 heavy (non-hydrogen) atoms. The van der Waals surface area contributed by atoms with Crippen molar-refractivity contribution in [3.8, 4) is 0 Å². The first kappa shape index (κ1) is 20.8. The van der Waals surface area contributed by atoms with Crippen LogP contribution in [0.4, 0.5) is 11.4 Å². The number of thioether (sulfide) groups is 1. The Bertz CT molecular complexity index is 1080. The normalized spacial score (nSPS) is 15.8. The Hall–Kier alpha value is -2.89. The lowest BCUT2D eigenvalue weighted by Gasteiger charge is -2.21. The summed E-state index contributed by atoms with van der Waals surface area (Å²) in [5.41, 5.74) is 1.04. The average Bonchev–Trinajstić information content (AvgIpc) is 2.66. The lowest BCUT2D eigenvalue weighted by Crippen LogP contribution is -2.26. The van der Waals surface area contributed by atoms with Gasteiger partial charge in [-0.3, -0.25) is 9.59 Å². The number of esters is 1. The molecule has 152 valence electrons. The maximum absolute atomic E-state index is 12.2. The largest absolute Gasteiger partial charge is 0.452 e. The lowest BCUT2D eigenvalue weighted by atomic mass is 10.2. The predicted molar refractivity (Wildman–Crippen MR) is 107 cm³/mol. The molecule has 0 unspecified atom stereocenters. The van der Waals surface area contributed by atoms with Gasteiger partial charge in [-0.2, -0.15) is 0 Å². The van der Waals surface area contributed by atoms with Crippen LogP contribution in [0.2, 0.25) is 0 Å². The molecule has 0 fully saturated rings. The zero-order valence-corrected chi connectivity index (χ0v) is 16.8. The third kappa shape index (κ3) is 5.13. The van der Waals surface area contributed by atoms with E-state index in [4.69, 9.17) is 9.88 Å². The van der Waals surface area contributed by atoms with Crippen molar-refractivity contribution >= 4 is 50.9 Å². The van der Waals surface area contributed by atoms with Crippen molar-refractivity contribution in [1.29, 1.82) is 0 Å². The summed E-state index contributed by atoms with van der Waals surface area (Å²) in [5, 5.41) is 9.98. The van der Waals surface area contributed by atoms with E-state index in [0.29, 0.717) is 11.4 Å². The molecule has 1 aliphatic heterocycles. The average molecular weight is 435 g/mol. The molecule has 2 aromatic carbocycles. The summed E-state index contributed by atoms with van der Waals surface area (Å²) in [6, 6.07) is 9.99. The number of rotatable bonds is 5. The summed E-state index contributed by atoms with van der Waals surface area (Å²) < 4.78 is 27.4. The molecule has 2 aromatic rings. The summed E-state index contributed by atoms with van der Waals surface area (Å²) in [4.78, 5) is 36.7. The van der Waals surface area contributed by atoms with E-state index >= 15 is 0 Å². The minimum Gasteiger partial charge on any atom is -0.452 e. The van der Waals surface area contributed by atoms with E-state index in [0.717, 1.165) is 4.90 Å². The number of sulfonamides is 1. The number of carbonyl (C=O) groups is 3. The summed E-state index contributed by atoms with van der Waals surface area (Å²) >= 11 is 1.39. The Kier molecular flexibility index (Phi) is 5.91. The molecule has 11 heteroatoms. The monoisotopic (exact) mass is 435 g/mol. The minimum absolute atomic E-state index is 0.0889. The van der Waals surface area contributed by atoms with E-state index < -0.39 is 28.5 Å². The number of ether oxygens (including phenoxy) is 1. The van der Waals surface area contributed by atoms with Crippen molar-refractivity contribution in [2.45, 2.75) is 22.0 Å². The number of fused-ring (bicyclic) bond motifs is 1. The number of anilines is 2. The van der Waals surface area contributed by atoms with E-state index in [9.17, 15) is 22.8 Å². The fraction of sp³-hybridized carbons (Fsp3) is 0.167. The number of nitrogens with one attached hydrogen (secondary N) is 2. The van der Waals surface area contributed by atoms with Gasteiger partial charge >= 0.3 is 5.97 Å². The van der Waals surface area contributed by atoms with Crippen LogP contribution in [0.25, 0.3) is 0 Å². The van der Waals surface area contributed by atoms with Crippen LogP contribution in [0, 0.1) is 0 Å². The van der Waals surface area contributed by atoms with Crippen molar-refractivity contribution in [3.63, 3.8) is 0 Å². The third-order valence-electron chi connectivity index (χ3n) is 3.95. The Morgan fingerprint density at radius 2 is 1.90 bits per heavy atom. The first-order valence-corrected chi connectivity index (χ1v) is 10.8. The van der Waals surface area contributed by atoms with Crippen LogP contribution in [0.1, 0.15) is 17.3 Å². The maximum atomic E-state index is 12.2. The maximum Gasteiger partial charge on any atom is 0.338 e. The second kappa shape index (κ2) is 8.23. The Morgan fingerprint density at radius 3 is 2.55 bits per heavy atom. The van der Waals surface area contributed by atoms with E-state index in [-0.39, 0.29) is 21.6 Å². The van der Waals surface area contributed by atoms with Gasteiger partial charge in [-0.1, -0.05) is 0 Å². The van der Waals surface area contributed by atoms with Gasteiger partial charge in [0.25, 0.3) is 5.91 Å². The first-order valence-electron chi connectivity index (χ1n) is 8.35. The second-order valence-corrected chi connectivity index (χ2v) is 9.10. The van der Waals surface area contributed by atoms with Gasteiger partial charge in [0.1, 0.15) is 0 Å². The van der Waals surface area contributed by atoms with Gasteiger partial charge in [-0.25, -0.2) is 18.4 Å². The van der Waals surface area contributed by atoms with E-state index in [1.807, 2.05) is 0 Å². The molecule has 0 bridgehead atoms. The van der Waals surface area contributed by atoms with Crippen LogP contribution in [0.5, 0.6) is 0 Å². The number of carbonyl (C=O) groups excluding carboxylic acids is 3. The van der Waals surface area contributed by atoms with Crippen molar-refractivity contribution < 1.29 is 27.5 Å². The number of benzene rings is 2. The number of hydrogen-bond acceptors (Lipinski definition) is 7. The molecule has 0 aliphatic carbocycles. The molecule has 0 spiro atoms. The Morgan fingerprint density at radius 1 is 1.21 bits per heavy atom. The molecule has 1 aliphatic rings. The van der Waals surface area contributed by atoms with E-state index in [1.54, 1.807) is 19.1 Å². The van der Waals surface area contributed by atoms with Gasteiger partial charge in [0.05, 0.1) is 21.4 Å². The zero-order valence-electron chi connectivity index (χ0n) is 15.2. The smallest absolute Gasteiger partial charge is 0.338 e. The van der Waals surface area contributed by atoms with Crippen molar-refractivity contribution in [1.82, 2.24) is 0 Å². The van der Waals surface area contributed by atoms with Crippen LogP contribution >= 0.6 is 11.8 Å². The Balaban J connectivity index is 1.57. The predicted octanol–water partition coefficient (Wildman–Crippen LogP) is 1.56. The van der Waals surface area contributed by atoms with Crippen molar-refractivity contribution in [2.75, 3.05) is 17.2 Å². The van der Waals surface area contributed by atoms with Crippen LogP contribution in [-0.2, 0) is 24.3 Å². The lowest BCUT2D eigenvalue weighted by molar-refractivity contribution is -0.119. The molecule has 4 N–H and O–H groups in total. The van der Waals surface area contributed by atoms with Gasteiger partial charge in [0, 0.05) is 10.6 Å². The first-order chi connectivity index (χ1) is 13.6. The van der Waals surface area contributed by atoms with Gasteiger partial charge < -0.3 is 15.4 Å². The van der Waals surface area contributed by atoms with Crippen LogP contribution in [0.15, 0.2) is 52.3 Å². The molecule has 9 nitrogen and oxygen atoms in total. The topological polar surface area (TPSA) is 145 Å². The van der Waals surface area contributed by atoms with Crippen LogP contribution in [0.3, 0.4) is 0 Å². The second-order valence-electron chi connectivity index (χ2n) is 6.15. The Labute approximate surface area is 171 Å². The zero-order chi connectivity index (χ0) is 21.2. The summed E-state index contributed by atoms with van der Waals surface area (Å²) in [7, 11) is -3.82. The number of hydrogen-bond donors (Lipinski definition) is 3. The molecular weight excluding hydrogens is 418 g/mol. The third-order valence-corrected chi connectivity index (χ3v) is 6.05. The highest BCUT2D eigenvalue weighted by molar-refractivity contribution is 8.01. The highest BCUT2D eigenvalue weighted by atomic mass is 32.2. The summed E-state index contributed by atoms with van der Waals surface area (Å²) in [6.07, 6.45) is 0. The van der Waals surface area contributed by atoms with E-state index in [2.05, 4.69) is 10.6 Å². The standard InChI is InChI=1S/C18H17N3O6S2/c1-10-17(23)21-14-8-11(2-7-15(14)28-10)18(24)27-9-16(22)20-12-3-5-13(6-4-12)29(19,25)26/h2-8,10H,9H2,1H3,(H,20,22)(H,21,23)(H2,19,25,26)/t10-/m1/s1. The SMILES string of the molecule is C[C@H]1Sc2ccc(C(=O)OCC(=O)Nc3ccc(S(N)(=O)=O)cc3)cc2NC1=O. The molecule has 0 saturated carbocycles. The minimum atomic E-state index is -3.82. The molecule has 0 radical (unpaired) electrons. The summed E-state index contributed by atoms with van der Waals surface area (Å²) in [6.45, 7) is 1.25. The fourth-order valence-corrected chi connectivity index (χ4v) is 3.92. The van der Waals surface area contributed by atoms with Gasteiger partial charge in [0.2, 0.25) is 15.9 Å². The molecule has 2 amide bonds. The number of amides is 2. The van der Waals surface area contributed by atoms with E-state index in [1.165, 1.54) is 42.1 Å². The molecule has 3 rings (SSSR count). The summed E-state index contributed by atoms with van der Waals surface area (Å²) in [5.74, 6) is -1.47. The van der Waals surface area contributed by atoms with Crippen molar-refractivity contribution in [2.24, 2.45) is 5.14 Å². The number of primary sulfonamides is 1.